The lowest BCUT2D eigenvalue weighted by Crippen LogP contribution is -2.46. The summed E-state index contributed by atoms with van der Waals surface area (Å²) in [4.78, 5) is 15.2. The van der Waals surface area contributed by atoms with Gasteiger partial charge in [-0.25, -0.2) is 8.42 Å². The summed E-state index contributed by atoms with van der Waals surface area (Å²) in [7, 11) is -3.52. The molecule has 2 N–H and O–H groups in total. The van der Waals surface area contributed by atoms with E-state index < -0.39 is 16.1 Å². The minimum atomic E-state index is -3.52. The van der Waals surface area contributed by atoms with Gasteiger partial charge in [0.1, 0.15) is 6.04 Å². The maximum Gasteiger partial charge on any atom is 0.241 e. The van der Waals surface area contributed by atoms with Crippen LogP contribution in [0.5, 0.6) is 0 Å². The molecule has 0 radical (unpaired) electrons. The van der Waals surface area contributed by atoms with Crippen molar-refractivity contribution in [3.8, 4) is 0 Å². The van der Waals surface area contributed by atoms with Crippen molar-refractivity contribution in [2.45, 2.75) is 31.4 Å². The molecule has 2 aromatic carbocycles. The second-order valence-corrected chi connectivity index (χ2v) is 10.2. The smallest absolute Gasteiger partial charge is 0.241 e. The van der Waals surface area contributed by atoms with E-state index in [9.17, 15) is 18.3 Å². The summed E-state index contributed by atoms with van der Waals surface area (Å²) >= 11 is 0. The minimum Gasteiger partial charge on any atom is -0.393 e. The van der Waals surface area contributed by atoms with Gasteiger partial charge in [0.05, 0.1) is 17.5 Å². The molecule has 1 amide bonds. The van der Waals surface area contributed by atoms with Crippen LogP contribution < -0.4 is 9.62 Å². The zero-order valence-electron chi connectivity index (χ0n) is 17.5. The van der Waals surface area contributed by atoms with E-state index in [-0.39, 0.29) is 24.3 Å². The van der Waals surface area contributed by atoms with Crippen molar-refractivity contribution in [2.24, 2.45) is 0 Å². The Labute approximate surface area is 183 Å². The maximum atomic E-state index is 13.1. The molecule has 0 unspecified atom stereocenters. The maximum absolute atomic E-state index is 13.1. The van der Waals surface area contributed by atoms with Crippen molar-refractivity contribution in [3.63, 3.8) is 0 Å². The summed E-state index contributed by atoms with van der Waals surface area (Å²) < 4.78 is 27.2. The van der Waals surface area contributed by atoms with E-state index in [4.69, 9.17) is 0 Å². The van der Waals surface area contributed by atoms with E-state index in [2.05, 4.69) is 10.2 Å². The van der Waals surface area contributed by atoms with Gasteiger partial charge in [0.2, 0.25) is 15.9 Å². The zero-order valence-corrected chi connectivity index (χ0v) is 18.3. The topological polar surface area (TPSA) is 90.0 Å². The third-order valence-corrected chi connectivity index (χ3v) is 7.84. The molecular formula is C23H29N3O4S. The molecule has 31 heavy (non-hydrogen) atoms. The molecule has 1 saturated heterocycles. The molecule has 0 saturated carbocycles. The molecule has 4 rings (SSSR count). The number of likely N-dealkylation sites (tertiary alicyclic amines) is 1. The van der Waals surface area contributed by atoms with Gasteiger partial charge in [-0.3, -0.25) is 14.0 Å². The van der Waals surface area contributed by atoms with Crippen LogP contribution in [0.4, 0.5) is 5.69 Å². The summed E-state index contributed by atoms with van der Waals surface area (Å²) in [6.45, 7) is 1.74. The Bertz CT molecular complexity index is 1000. The average molecular weight is 444 g/mol. The van der Waals surface area contributed by atoms with Crippen molar-refractivity contribution in [1.82, 2.24) is 10.2 Å². The molecule has 0 aliphatic carbocycles. The summed E-state index contributed by atoms with van der Waals surface area (Å²) in [6.07, 6.45) is 1.63. The second-order valence-electron chi connectivity index (χ2n) is 8.14. The fourth-order valence-corrected chi connectivity index (χ4v) is 5.84. The molecule has 0 spiro atoms. The third-order valence-electron chi connectivity index (χ3n) is 6.07. The van der Waals surface area contributed by atoms with Crippen LogP contribution in [0.25, 0.3) is 0 Å². The number of benzene rings is 2. The fourth-order valence-electron chi connectivity index (χ4n) is 4.41. The number of amides is 1. The van der Waals surface area contributed by atoms with E-state index in [1.165, 1.54) is 4.31 Å². The highest BCUT2D eigenvalue weighted by molar-refractivity contribution is 7.92. The van der Waals surface area contributed by atoms with Gasteiger partial charge in [-0.05, 0) is 36.5 Å². The number of nitrogens with one attached hydrogen (secondary N) is 1. The Morgan fingerprint density at radius 1 is 1.03 bits per heavy atom. The zero-order chi connectivity index (χ0) is 21.8. The number of anilines is 1. The van der Waals surface area contributed by atoms with Gasteiger partial charge in [0.15, 0.2) is 0 Å². The van der Waals surface area contributed by atoms with Crippen LogP contribution in [-0.2, 0) is 21.2 Å². The summed E-state index contributed by atoms with van der Waals surface area (Å²) in [6, 6.07) is 16.5. The standard InChI is InChI=1S/C23H29N3O4S/c27-20-11-14-25(15-12-20)22(19-7-2-1-3-8-19)23(28)24-13-17-31(29,30)26-16-10-18-6-4-5-9-21(18)26/h1-9,20,22,27H,10-17H2,(H,24,28)/t22-/m0/s1. The highest BCUT2D eigenvalue weighted by Gasteiger charge is 2.32. The molecule has 2 aromatic rings. The van der Waals surface area contributed by atoms with Gasteiger partial charge >= 0.3 is 0 Å². The first kappa shape index (κ1) is 21.8. The average Bonchev–Trinajstić information content (AvgIpc) is 3.21. The Kier molecular flexibility index (Phi) is 6.60. The number of hydrogen-bond acceptors (Lipinski definition) is 5. The number of carbonyl (C=O) groups is 1. The fraction of sp³-hybridized carbons (Fsp3) is 0.435. The van der Waals surface area contributed by atoms with E-state index in [0.29, 0.717) is 38.9 Å². The van der Waals surface area contributed by atoms with E-state index in [1.807, 2.05) is 54.6 Å². The lowest BCUT2D eigenvalue weighted by Gasteiger charge is -2.35. The number of aliphatic hydroxyl groups excluding tert-OH is 1. The van der Waals surface area contributed by atoms with Gasteiger partial charge in [-0.2, -0.15) is 0 Å². The predicted molar refractivity (Wildman–Crippen MR) is 120 cm³/mol. The number of sulfonamides is 1. The minimum absolute atomic E-state index is 0.0552. The van der Waals surface area contributed by atoms with E-state index in [0.717, 1.165) is 16.8 Å². The number of aliphatic hydroxyl groups is 1. The first-order chi connectivity index (χ1) is 15.0. The molecule has 0 bridgehead atoms. The predicted octanol–water partition coefficient (Wildman–Crippen LogP) is 1.69. The van der Waals surface area contributed by atoms with Gasteiger partial charge in [-0.15, -0.1) is 0 Å². The van der Waals surface area contributed by atoms with Crippen molar-refractivity contribution in [3.05, 3.63) is 65.7 Å². The van der Waals surface area contributed by atoms with Crippen molar-refractivity contribution < 1.29 is 18.3 Å². The number of fused-ring (bicyclic) bond motifs is 1. The lowest BCUT2D eigenvalue weighted by molar-refractivity contribution is -0.127. The number of rotatable bonds is 7. The quantitative estimate of drug-likeness (QED) is 0.680. The van der Waals surface area contributed by atoms with Crippen LogP contribution in [0, 0.1) is 0 Å². The van der Waals surface area contributed by atoms with Crippen LogP contribution in [0.2, 0.25) is 0 Å². The van der Waals surface area contributed by atoms with Crippen molar-refractivity contribution in [1.29, 1.82) is 0 Å². The van der Waals surface area contributed by atoms with E-state index in [1.54, 1.807) is 0 Å². The van der Waals surface area contributed by atoms with Crippen molar-refractivity contribution >= 4 is 21.6 Å². The molecule has 2 aliphatic heterocycles. The first-order valence-corrected chi connectivity index (χ1v) is 12.4. The Balaban J connectivity index is 1.41. The summed E-state index contributed by atoms with van der Waals surface area (Å²) in [5, 5.41) is 12.7. The molecule has 2 aliphatic rings. The van der Waals surface area contributed by atoms with Crippen LogP contribution in [0.15, 0.2) is 54.6 Å². The molecule has 8 heteroatoms. The first-order valence-electron chi connectivity index (χ1n) is 10.8. The number of para-hydroxylation sites is 1. The lowest BCUT2D eigenvalue weighted by atomic mass is 10.00. The van der Waals surface area contributed by atoms with Crippen LogP contribution >= 0.6 is 0 Å². The molecule has 7 nitrogen and oxygen atoms in total. The monoisotopic (exact) mass is 443 g/mol. The molecular weight excluding hydrogens is 414 g/mol. The van der Waals surface area contributed by atoms with Crippen molar-refractivity contribution in [2.75, 3.05) is 36.2 Å². The van der Waals surface area contributed by atoms with Gasteiger partial charge in [0.25, 0.3) is 0 Å². The molecule has 1 atom stereocenters. The number of piperidine rings is 1. The Morgan fingerprint density at radius 3 is 2.45 bits per heavy atom. The Hall–Kier alpha value is -2.42. The SMILES string of the molecule is O=C(NCCS(=O)(=O)N1CCc2ccccc21)[C@H](c1ccccc1)N1CCC(O)CC1. The number of hydrogen-bond donors (Lipinski definition) is 2. The second kappa shape index (κ2) is 9.38. The van der Waals surface area contributed by atoms with Crippen LogP contribution in [0.3, 0.4) is 0 Å². The molecule has 2 heterocycles. The molecule has 0 aromatic heterocycles. The summed E-state index contributed by atoms with van der Waals surface area (Å²) in [5.41, 5.74) is 2.64. The number of nitrogens with zero attached hydrogens (tertiary/aromatic N) is 2. The normalized spacial score (nSPS) is 18.5. The Morgan fingerprint density at radius 2 is 1.71 bits per heavy atom. The van der Waals surface area contributed by atoms with Gasteiger partial charge in [0, 0.05) is 26.2 Å². The van der Waals surface area contributed by atoms with E-state index >= 15 is 0 Å². The van der Waals surface area contributed by atoms with Crippen LogP contribution in [-0.4, -0.2) is 62.4 Å². The highest BCUT2D eigenvalue weighted by Crippen LogP contribution is 2.30. The highest BCUT2D eigenvalue weighted by atomic mass is 32.2. The number of carbonyl (C=O) groups excluding carboxylic acids is 1. The van der Waals surface area contributed by atoms with Gasteiger partial charge in [-0.1, -0.05) is 48.5 Å². The van der Waals surface area contributed by atoms with Crippen LogP contribution in [0.1, 0.15) is 30.0 Å². The molecule has 166 valence electrons. The largest absolute Gasteiger partial charge is 0.393 e. The third kappa shape index (κ3) is 4.92. The van der Waals surface area contributed by atoms with Gasteiger partial charge < -0.3 is 10.4 Å². The summed E-state index contributed by atoms with van der Waals surface area (Å²) in [5.74, 6) is -0.354. The molecule has 1 fully saturated rings.